The van der Waals surface area contributed by atoms with Crippen molar-refractivity contribution >= 4 is 6.09 Å². The van der Waals surface area contributed by atoms with E-state index in [9.17, 15) is 4.79 Å². The fraction of sp³-hybridized carbons (Fsp3) is 0.417. The lowest BCUT2D eigenvalue weighted by Crippen LogP contribution is -2.12. The van der Waals surface area contributed by atoms with Gasteiger partial charge < -0.3 is 10.5 Å². The molecule has 0 saturated carbocycles. The molecule has 0 fully saturated rings. The van der Waals surface area contributed by atoms with Gasteiger partial charge in [0.2, 0.25) is 0 Å². The lowest BCUT2D eigenvalue weighted by molar-refractivity contribution is 0.150. The maximum absolute atomic E-state index is 10.4. The summed E-state index contributed by atoms with van der Waals surface area (Å²) in [6.45, 7) is 2.43. The number of aryl methyl sites for hydroxylation is 1. The smallest absolute Gasteiger partial charge is 0.404 e. The molecule has 3 nitrogen and oxygen atoms in total. The molecule has 0 saturated heterocycles. The molecule has 1 aromatic rings. The molecule has 0 radical (unpaired) electrons. The van der Waals surface area contributed by atoms with Crippen LogP contribution in [0.2, 0.25) is 0 Å². The highest BCUT2D eigenvalue weighted by Crippen LogP contribution is 2.08. The van der Waals surface area contributed by atoms with E-state index < -0.39 is 6.09 Å². The van der Waals surface area contributed by atoms with Gasteiger partial charge in [0, 0.05) is 0 Å². The van der Waals surface area contributed by atoms with Crippen LogP contribution in [0.25, 0.3) is 0 Å². The second-order valence-corrected chi connectivity index (χ2v) is 3.53. The number of carbonyl (C=O) groups is 1. The monoisotopic (exact) mass is 207 g/mol. The number of hydrogen-bond acceptors (Lipinski definition) is 2. The summed E-state index contributed by atoms with van der Waals surface area (Å²) < 4.78 is 4.69. The van der Waals surface area contributed by atoms with Crippen LogP contribution >= 0.6 is 0 Å². The van der Waals surface area contributed by atoms with E-state index in [4.69, 9.17) is 5.73 Å². The molecule has 0 heterocycles. The Morgan fingerprint density at radius 2 is 1.87 bits per heavy atom. The first-order valence-corrected chi connectivity index (χ1v) is 5.22. The maximum atomic E-state index is 10.4. The van der Waals surface area contributed by atoms with Gasteiger partial charge in [0.15, 0.2) is 0 Å². The van der Waals surface area contributed by atoms with E-state index in [1.54, 1.807) is 0 Å². The van der Waals surface area contributed by atoms with E-state index in [2.05, 4.69) is 23.8 Å². The Bertz CT molecular complexity index is 306. The molecule has 0 aromatic heterocycles. The molecule has 1 aromatic carbocycles. The van der Waals surface area contributed by atoms with Crippen molar-refractivity contribution < 1.29 is 9.53 Å². The van der Waals surface area contributed by atoms with E-state index in [0.29, 0.717) is 0 Å². The zero-order valence-electron chi connectivity index (χ0n) is 9.03. The Kier molecular flexibility index (Phi) is 4.68. The first kappa shape index (κ1) is 11.6. The van der Waals surface area contributed by atoms with Gasteiger partial charge in [-0.1, -0.05) is 37.6 Å². The Labute approximate surface area is 90.2 Å². The van der Waals surface area contributed by atoms with Gasteiger partial charge in [-0.15, -0.1) is 0 Å². The van der Waals surface area contributed by atoms with Gasteiger partial charge in [0.1, 0.15) is 6.61 Å². The first-order valence-electron chi connectivity index (χ1n) is 5.22. The summed E-state index contributed by atoms with van der Waals surface area (Å²) in [5.41, 5.74) is 7.16. The lowest BCUT2D eigenvalue weighted by Gasteiger charge is -2.03. The zero-order chi connectivity index (χ0) is 11.1. The summed E-state index contributed by atoms with van der Waals surface area (Å²) in [6.07, 6.45) is 2.78. The molecule has 0 aliphatic rings. The van der Waals surface area contributed by atoms with Gasteiger partial charge in [-0.05, 0) is 24.0 Å². The average molecular weight is 207 g/mol. The van der Waals surface area contributed by atoms with Gasteiger partial charge in [-0.3, -0.25) is 0 Å². The number of hydrogen-bond donors (Lipinski definition) is 1. The first-order chi connectivity index (χ1) is 7.22. The second kappa shape index (κ2) is 6.06. The molecule has 1 amide bonds. The molecular weight excluding hydrogens is 190 g/mol. The molecule has 0 bridgehead atoms. The fourth-order valence-electron chi connectivity index (χ4n) is 1.34. The highest BCUT2D eigenvalue weighted by Gasteiger charge is 1.97. The van der Waals surface area contributed by atoms with Gasteiger partial charge in [-0.2, -0.15) is 0 Å². The van der Waals surface area contributed by atoms with Crippen molar-refractivity contribution in [2.45, 2.75) is 32.8 Å². The molecule has 15 heavy (non-hydrogen) atoms. The summed E-state index contributed by atoms with van der Waals surface area (Å²) in [4.78, 5) is 10.4. The topological polar surface area (TPSA) is 52.3 Å². The van der Waals surface area contributed by atoms with Crippen molar-refractivity contribution in [3.05, 3.63) is 35.4 Å². The molecule has 0 unspecified atom stereocenters. The minimum Gasteiger partial charge on any atom is -0.445 e. The van der Waals surface area contributed by atoms with Crippen molar-refractivity contribution in [3.63, 3.8) is 0 Å². The van der Waals surface area contributed by atoms with Crippen LogP contribution in [0.4, 0.5) is 4.79 Å². The molecule has 0 atom stereocenters. The maximum Gasteiger partial charge on any atom is 0.404 e. The van der Waals surface area contributed by atoms with Crippen molar-refractivity contribution in [3.8, 4) is 0 Å². The summed E-state index contributed by atoms with van der Waals surface area (Å²) in [6, 6.07) is 8.06. The Hall–Kier alpha value is -1.51. The molecule has 1 rings (SSSR count). The SMILES string of the molecule is CCCCc1ccc(COC(N)=O)cc1. The van der Waals surface area contributed by atoms with Crippen molar-refractivity contribution in [1.29, 1.82) is 0 Å². The lowest BCUT2D eigenvalue weighted by atomic mass is 10.1. The van der Waals surface area contributed by atoms with E-state index in [1.807, 2.05) is 12.1 Å². The third-order valence-electron chi connectivity index (χ3n) is 2.22. The number of nitrogens with two attached hydrogens (primary N) is 1. The number of rotatable bonds is 5. The van der Waals surface area contributed by atoms with Crippen LogP contribution in [0.3, 0.4) is 0 Å². The van der Waals surface area contributed by atoms with E-state index in [1.165, 1.54) is 18.4 Å². The summed E-state index contributed by atoms with van der Waals surface area (Å²) in [5, 5.41) is 0. The number of benzene rings is 1. The summed E-state index contributed by atoms with van der Waals surface area (Å²) in [7, 11) is 0. The number of amides is 1. The molecule has 3 heteroatoms. The number of carbonyl (C=O) groups excluding carboxylic acids is 1. The van der Waals surface area contributed by atoms with Crippen LogP contribution in [-0.2, 0) is 17.8 Å². The van der Waals surface area contributed by atoms with E-state index in [-0.39, 0.29) is 6.61 Å². The minimum atomic E-state index is -0.731. The minimum absolute atomic E-state index is 0.253. The quantitative estimate of drug-likeness (QED) is 0.806. The van der Waals surface area contributed by atoms with Crippen molar-refractivity contribution in [1.82, 2.24) is 0 Å². The van der Waals surface area contributed by atoms with E-state index >= 15 is 0 Å². The number of unbranched alkanes of at least 4 members (excludes halogenated alkanes) is 1. The van der Waals surface area contributed by atoms with Crippen LogP contribution in [0, 0.1) is 0 Å². The summed E-state index contributed by atoms with van der Waals surface area (Å²) in [5.74, 6) is 0. The standard InChI is InChI=1S/C12H17NO2/c1-2-3-4-10-5-7-11(8-6-10)9-15-12(13)14/h5-8H,2-4,9H2,1H3,(H2,13,14). The Morgan fingerprint density at radius 1 is 1.27 bits per heavy atom. The van der Waals surface area contributed by atoms with Crippen LogP contribution in [0.15, 0.2) is 24.3 Å². The third kappa shape index (κ3) is 4.49. The van der Waals surface area contributed by atoms with E-state index in [0.717, 1.165) is 12.0 Å². The average Bonchev–Trinajstić information content (AvgIpc) is 2.25. The number of ether oxygens (including phenoxy) is 1. The highest BCUT2D eigenvalue weighted by atomic mass is 16.5. The largest absolute Gasteiger partial charge is 0.445 e. The van der Waals surface area contributed by atoms with Gasteiger partial charge in [0.05, 0.1) is 0 Å². The van der Waals surface area contributed by atoms with Crippen LogP contribution in [0.1, 0.15) is 30.9 Å². The molecular formula is C12H17NO2. The third-order valence-corrected chi connectivity index (χ3v) is 2.22. The second-order valence-electron chi connectivity index (χ2n) is 3.53. The van der Waals surface area contributed by atoms with Gasteiger partial charge in [-0.25, -0.2) is 4.79 Å². The van der Waals surface area contributed by atoms with Crippen molar-refractivity contribution in [2.75, 3.05) is 0 Å². The molecule has 82 valence electrons. The van der Waals surface area contributed by atoms with Crippen LogP contribution in [-0.4, -0.2) is 6.09 Å². The molecule has 2 N–H and O–H groups in total. The zero-order valence-corrected chi connectivity index (χ0v) is 9.03. The summed E-state index contributed by atoms with van der Waals surface area (Å²) >= 11 is 0. The van der Waals surface area contributed by atoms with Gasteiger partial charge in [0.25, 0.3) is 0 Å². The highest BCUT2D eigenvalue weighted by molar-refractivity contribution is 5.64. The van der Waals surface area contributed by atoms with Crippen LogP contribution in [0.5, 0.6) is 0 Å². The van der Waals surface area contributed by atoms with Crippen molar-refractivity contribution in [2.24, 2.45) is 5.73 Å². The normalized spacial score (nSPS) is 9.93. The predicted molar refractivity (Wildman–Crippen MR) is 59.4 cm³/mol. The fourth-order valence-corrected chi connectivity index (χ4v) is 1.34. The van der Waals surface area contributed by atoms with Crippen LogP contribution < -0.4 is 5.73 Å². The van der Waals surface area contributed by atoms with Gasteiger partial charge >= 0.3 is 6.09 Å². The Morgan fingerprint density at radius 3 is 2.40 bits per heavy atom. The number of primary amides is 1. The molecule has 0 spiro atoms. The Balaban J connectivity index is 2.45. The molecule has 0 aliphatic heterocycles. The molecule has 0 aliphatic carbocycles. The predicted octanol–water partition coefficient (Wildman–Crippen LogP) is 2.62.